The number of rotatable bonds is 5. The fourth-order valence-electron chi connectivity index (χ4n) is 1.49. The number of thiol groups is 1. The Labute approximate surface area is 123 Å². The van der Waals surface area contributed by atoms with Crippen molar-refractivity contribution in [2.45, 2.75) is 20.8 Å². The maximum absolute atomic E-state index is 10.6. The van der Waals surface area contributed by atoms with E-state index in [-0.39, 0.29) is 22.0 Å². The van der Waals surface area contributed by atoms with E-state index in [1.165, 1.54) is 18.2 Å². The summed E-state index contributed by atoms with van der Waals surface area (Å²) < 4.78 is 5.65. The first-order chi connectivity index (χ1) is 8.75. The van der Waals surface area contributed by atoms with Crippen molar-refractivity contribution in [1.82, 2.24) is 0 Å². The number of benzene rings is 1. The van der Waals surface area contributed by atoms with Crippen LogP contribution in [0.4, 0.5) is 5.69 Å². The minimum Gasteiger partial charge on any atom is -0.492 e. The van der Waals surface area contributed by atoms with E-state index in [1.54, 1.807) is 0 Å². The van der Waals surface area contributed by atoms with Crippen LogP contribution in [0, 0.1) is 21.4 Å². The molecule has 0 heterocycles. The number of non-ortho nitro benzene ring substituents is 1. The van der Waals surface area contributed by atoms with Crippen molar-refractivity contribution in [3.05, 3.63) is 33.3 Å². The number of nitro groups is 1. The predicted octanol–water partition coefficient (Wildman–Crippen LogP) is 4.22. The molecule has 106 valence electrons. The lowest BCUT2D eigenvalue weighted by molar-refractivity contribution is -0.384. The molecule has 0 saturated carbocycles. The van der Waals surface area contributed by atoms with E-state index in [0.29, 0.717) is 18.1 Å². The summed E-state index contributed by atoms with van der Waals surface area (Å²) in [6.07, 6.45) is 0. The second kappa shape index (κ2) is 6.48. The summed E-state index contributed by atoms with van der Waals surface area (Å²) in [7, 11) is 0. The molecular weight excluding hydrogens is 286 g/mol. The van der Waals surface area contributed by atoms with Crippen molar-refractivity contribution in [3.8, 4) is 5.75 Å². The van der Waals surface area contributed by atoms with Crippen molar-refractivity contribution in [2.24, 2.45) is 11.3 Å². The first-order valence-electron chi connectivity index (χ1n) is 5.93. The average molecular weight is 304 g/mol. The molecule has 0 bridgehead atoms. The third-order valence-electron chi connectivity index (χ3n) is 3.01. The number of hydrogen-bond donors (Lipinski definition) is 1. The molecule has 1 unspecified atom stereocenters. The number of halogens is 1. The van der Waals surface area contributed by atoms with Crippen LogP contribution in [0.2, 0.25) is 5.02 Å². The Morgan fingerprint density at radius 2 is 2.11 bits per heavy atom. The molecular formula is C13H18ClNO3S. The van der Waals surface area contributed by atoms with Gasteiger partial charge >= 0.3 is 0 Å². The molecule has 6 heteroatoms. The number of hydrogen-bond acceptors (Lipinski definition) is 4. The Morgan fingerprint density at radius 1 is 1.47 bits per heavy atom. The highest BCUT2D eigenvalue weighted by Gasteiger charge is 2.24. The smallest absolute Gasteiger partial charge is 0.271 e. The third-order valence-corrected chi connectivity index (χ3v) is 3.75. The first-order valence-corrected chi connectivity index (χ1v) is 6.94. The summed E-state index contributed by atoms with van der Waals surface area (Å²) >= 11 is 10.3. The van der Waals surface area contributed by atoms with Gasteiger partial charge in [-0.15, -0.1) is 0 Å². The molecule has 0 aromatic heterocycles. The van der Waals surface area contributed by atoms with Gasteiger partial charge in [-0.05, 0) is 17.2 Å². The molecule has 1 aromatic rings. The normalized spacial score (nSPS) is 13.1. The van der Waals surface area contributed by atoms with Gasteiger partial charge in [-0.3, -0.25) is 10.1 Å². The van der Waals surface area contributed by atoms with Crippen LogP contribution in [0.1, 0.15) is 20.8 Å². The third kappa shape index (κ3) is 4.58. The first kappa shape index (κ1) is 16.1. The second-order valence-electron chi connectivity index (χ2n) is 5.43. The fraction of sp³-hybridized carbons (Fsp3) is 0.538. The molecule has 1 rings (SSSR count). The minimum absolute atomic E-state index is 0.0427. The number of ether oxygens (including phenoxy) is 1. The van der Waals surface area contributed by atoms with E-state index in [0.717, 1.165) is 0 Å². The number of nitro benzene ring substituents is 1. The molecule has 1 aromatic carbocycles. The van der Waals surface area contributed by atoms with Crippen LogP contribution in [0.15, 0.2) is 18.2 Å². The van der Waals surface area contributed by atoms with Gasteiger partial charge in [0.05, 0.1) is 16.6 Å². The van der Waals surface area contributed by atoms with Crippen molar-refractivity contribution in [3.63, 3.8) is 0 Å². The van der Waals surface area contributed by atoms with Crippen LogP contribution >= 0.6 is 24.2 Å². The summed E-state index contributed by atoms with van der Waals surface area (Å²) in [5.41, 5.74) is 0.0357. The fourth-order valence-corrected chi connectivity index (χ4v) is 2.37. The van der Waals surface area contributed by atoms with Crippen LogP contribution in [0.5, 0.6) is 5.75 Å². The summed E-state index contributed by atoms with van der Waals surface area (Å²) in [6.45, 7) is 6.84. The van der Waals surface area contributed by atoms with E-state index in [2.05, 4.69) is 33.4 Å². The van der Waals surface area contributed by atoms with Gasteiger partial charge in [-0.25, -0.2) is 0 Å². The van der Waals surface area contributed by atoms with Gasteiger partial charge in [-0.1, -0.05) is 32.4 Å². The van der Waals surface area contributed by atoms with Crippen molar-refractivity contribution < 1.29 is 9.66 Å². The standard InChI is InChI=1S/C13H18ClNO3S/c1-13(2,3)9(8-19)7-18-12-5-4-10(15(16)17)6-11(12)14/h4-6,9,19H,7-8H2,1-3H3. The van der Waals surface area contributed by atoms with Gasteiger partial charge < -0.3 is 4.74 Å². The lowest BCUT2D eigenvalue weighted by Crippen LogP contribution is -2.28. The monoisotopic (exact) mass is 303 g/mol. The maximum Gasteiger partial charge on any atom is 0.271 e. The van der Waals surface area contributed by atoms with Crippen molar-refractivity contribution in [1.29, 1.82) is 0 Å². The maximum atomic E-state index is 10.6. The molecule has 0 radical (unpaired) electrons. The largest absolute Gasteiger partial charge is 0.492 e. The van der Waals surface area contributed by atoms with Gasteiger partial charge in [0, 0.05) is 18.1 Å². The predicted molar refractivity (Wildman–Crippen MR) is 80.4 cm³/mol. The Kier molecular flexibility index (Phi) is 5.50. The molecule has 19 heavy (non-hydrogen) atoms. The topological polar surface area (TPSA) is 52.4 Å². The van der Waals surface area contributed by atoms with Gasteiger partial charge in [0.15, 0.2) is 0 Å². The summed E-state index contributed by atoms with van der Waals surface area (Å²) in [6, 6.07) is 4.20. The zero-order valence-corrected chi connectivity index (χ0v) is 12.9. The second-order valence-corrected chi connectivity index (χ2v) is 6.20. The molecule has 0 saturated heterocycles. The van der Waals surface area contributed by atoms with Gasteiger partial charge in [0.1, 0.15) is 5.75 Å². The Hall–Kier alpha value is -0.940. The van der Waals surface area contributed by atoms with Crippen molar-refractivity contribution >= 4 is 29.9 Å². The SMILES string of the molecule is CC(C)(C)C(CS)COc1ccc([N+](=O)[O-])cc1Cl. The highest BCUT2D eigenvalue weighted by Crippen LogP contribution is 2.31. The Balaban J connectivity index is 2.76. The molecule has 1 atom stereocenters. The Bertz CT molecular complexity index is 460. The van der Waals surface area contributed by atoms with Gasteiger partial charge in [-0.2, -0.15) is 12.6 Å². The molecule has 0 N–H and O–H groups in total. The van der Waals surface area contributed by atoms with Crippen LogP contribution in [-0.4, -0.2) is 17.3 Å². The highest BCUT2D eigenvalue weighted by molar-refractivity contribution is 7.80. The molecule has 4 nitrogen and oxygen atoms in total. The van der Waals surface area contributed by atoms with Crippen LogP contribution < -0.4 is 4.74 Å². The van der Waals surface area contributed by atoms with E-state index >= 15 is 0 Å². The summed E-state index contributed by atoms with van der Waals surface area (Å²) in [5, 5.41) is 10.9. The zero-order valence-electron chi connectivity index (χ0n) is 11.2. The average Bonchev–Trinajstić information content (AvgIpc) is 2.29. The minimum atomic E-state index is -0.485. The van der Waals surface area contributed by atoms with E-state index in [1.807, 2.05) is 0 Å². The highest BCUT2D eigenvalue weighted by atomic mass is 35.5. The summed E-state index contributed by atoms with van der Waals surface area (Å²) in [5.74, 6) is 1.43. The molecule has 0 fully saturated rings. The van der Waals surface area contributed by atoms with Crippen LogP contribution in [0.25, 0.3) is 0 Å². The lowest BCUT2D eigenvalue weighted by atomic mass is 9.82. The molecule has 0 aliphatic heterocycles. The van der Waals surface area contributed by atoms with E-state index in [4.69, 9.17) is 16.3 Å². The molecule has 0 aliphatic rings. The zero-order chi connectivity index (χ0) is 14.6. The van der Waals surface area contributed by atoms with E-state index < -0.39 is 4.92 Å². The van der Waals surface area contributed by atoms with Crippen LogP contribution in [-0.2, 0) is 0 Å². The van der Waals surface area contributed by atoms with Gasteiger partial charge in [0.25, 0.3) is 5.69 Å². The van der Waals surface area contributed by atoms with Gasteiger partial charge in [0.2, 0.25) is 0 Å². The molecule has 0 amide bonds. The Morgan fingerprint density at radius 3 is 2.53 bits per heavy atom. The molecule has 0 aliphatic carbocycles. The number of nitrogens with zero attached hydrogens (tertiary/aromatic N) is 1. The lowest BCUT2D eigenvalue weighted by Gasteiger charge is -2.29. The van der Waals surface area contributed by atoms with Crippen LogP contribution in [0.3, 0.4) is 0 Å². The quantitative estimate of drug-likeness (QED) is 0.503. The van der Waals surface area contributed by atoms with E-state index in [9.17, 15) is 10.1 Å². The summed E-state index contributed by atoms with van der Waals surface area (Å²) in [4.78, 5) is 10.1. The molecule has 0 spiro atoms. The van der Waals surface area contributed by atoms with Crippen molar-refractivity contribution in [2.75, 3.05) is 12.4 Å².